The number of rotatable bonds is 13. The number of anilines is 1. The van der Waals surface area contributed by atoms with Crippen molar-refractivity contribution in [2.24, 2.45) is 0 Å². The molecule has 0 aliphatic rings. The normalized spacial score (nSPS) is 11.8. The van der Waals surface area contributed by atoms with Gasteiger partial charge in [-0.1, -0.05) is 90.5 Å². The van der Waals surface area contributed by atoms with Gasteiger partial charge < -0.3 is 15.0 Å². The highest BCUT2D eigenvalue weighted by Crippen LogP contribution is 2.33. The number of ether oxygens (including phenoxy) is 1. The Hall–Kier alpha value is -4.63. The summed E-state index contributed by atoms with van der Waals surface area (Å²) in [4.78, 5) is 29.3. The Morgan fingerprint density at radius 3 is 2.05 bits per heavy atom. The molecular weight excluding hydrogens is 562 g/mol. The quantitative estimate of drug-likeness (QED) is 0.234. The van der Waals surface area contributed by atoms with Crippen LogP contribution in [0.15, 0.2) is 114 Å². The van der Waals surface area contributed by atoms with Gasteiger partial charge in [0.1, 0.15) is 18.3 Å². The summed E-state index contributed by atoms with van der Waals surface area (Å²) in [6.45, 7) is 3.64. The van der Waals surface area contributed by atoms with E-state index in [4.69, 9.17) is 4.74 Å². The van der Waals surface area contributed by atoms with Gasteiger partial charge in [0.05, 0.1) is 17.2 Å². The topological polar surface area (TPSA) is 96.0 Å². The van der Waals surface area contributed by atoms with E-state index in [0.717, 1.165) is 21.0 Å². The third-order valence-electron chi connectivity index (χ3n) is 7.03. The summed E-state index contributed by atoms with van der Waals surface area (Å²) in [7, 11) is -2.68. The number of carbonyl (C=O) groups excluding carboxylic acids is 2. The second-order valence-electron chi connectivity index (χ2n) is 10.1. The van der Waals surface area contributed by atoms with Crippen LogP contribution in [0.1, 0.15) is 23.6 Å². The fourth-order valence-electron chi connectivity index (χ4n) is 4.78. The molecule has 0 heterocycles. The molecule has 0 fully saturated rings. The molecule has 0 bridgehead atoms. The molecule has 0 aliphatic heterocycles. The fraction of sp³-hybridized carbons (Fsp3) is 0.235. The van der Waals surface area contributed by atoms with Crippen LogP contribution in [0.4, 0.5) is 5.69 Å². The number of aryl methyl sites for hydroxylation is 1. The molecule has 0 saturated heterocycles. The zero-order chi connectivity index (χ0) is 30.8. The molecule has 4 aromatic rings. The van der Waals surface area contributed by atoms with E-state index >= 15 is 0 Å². The van der Waals surface area contributed by atoms with Crippen LogP contribution in [0.25, 0.3) is 0 Å². The van der Waals surface area contributed by atoms with Crippen molar-refractivity contribution in [3.63, 3.8) is 0 Å². The zero-order valence-corrected chi connectivity index (χ0v) is 25.5. The minimum atomic E-state index is -4.21. The van der Waals surface area contributed by atoms with Gasteiger partial charge in [0, 0.05) is 20.0 Å². The lowest BCUT2D eigenvalue weighted by molar-refractivity contribution is -0.139. The van der Waals surface area contributed by atoms with Crippen molar-refractivity contribution in [3.8, 4) is 5.75 Å². The van der Waals surface area contributed by atoms with Crippen molar-refractivity contribution >= 4 is 27.5 Å². The van der Waals surface area contributed by atoms with E-state index in [2.05, 4.69) is 5.32 Å². The first-order valence-corrected chi connectivity index (χ1v) is 15.6. The smallest absolute Gasteiger partial charge is 0.264 e. The first kappa shape index (κ1) is 31.3. The Morgan fingerprint density at radius 2 is 1.42 bits per heavy atom. The molecule has 0 radical (unpaired) electrons. The number of para-hydroxylation sites is 2. The lowest BCUT2D eigenvalue weighted by Crippen LogP contribution is -2.53. The maximum atomic E-state index is 14.4. The molecule has 0 aromatic heterocycles. The molecule has 43 heavy (non-hydrogen) atoms. The van der Waals surface area contributed by atoms with Gasteiger partial charge in [-0.05, 0) is 49.2 Å². The van der Waals surface area contributed by atoms with Crippen molar-refractivity contribution in [2.75, 3.05) is 24.5 Å². The first-order chi connectivity index (χ1) is 20.7. The summed E-state index contributed by atoms with van der Waals surface area (Å²) in [5.41, 5.74) is 2.97. The molecule has 1 N–H and O–H groups in total. The lowest BCUT2D eigenvalue weighted by Gasteiger charge is -2.34. The maximum Gasteiger partial charge on any atom is 0.264 e. The Morgan fingerprint density at radius 1 is 0.814 bits per heavy atom. The van der Waals surface area contributed by atoms with Crippen molar-refractivity contribution in [2.45, 2.75) is 37.8 Å². The SMILES string of the molecule is CCOc1ccccc1N(CC(=O)N(Cc1ccc(C)cc1)[C@@H](Cc1ccccc1)C(=O)NC)S(=O)(=O)c1ccccc1. The lowest BCUT2D eigenvalue weighted by atomic mass is 10.0. The molecule has 0 unspecified atom stereocenters. The van der Waals surface area contributed by atoms with Crippen LogP contribution in [-0.2, 0) is 32.6 Å². The minimum Gasteiger partial charge on any atom is -0.492 e. The van der Waals surface area contributed by atoms with Crippen LogP contribution in [0.5, 0.6) is 5.75 Å². The van der Waals surface area contributed by atoms with E-state index in [-0.39, 0.29) is 29.5 Å². The van der Waals surface area contributed by atoms with Crippen LogP contribution in [0.2, 0.25) is 0 Å². The molecule has 1 atom stereocenters. The number of amides is 2. The van der Waals surface area contributed by atoms with Gasteiger partial charge in [0.25, 0.3) is 10.0 Å². The second-order valence-corrected chi connectivity index (χ2v) is 11.9. The van der Waals surface area contributed by atoms with E-state index in [1.165, 1.54) is 24.1 Å². The number of benzene rings is 4. The van der Waals surface area contributed by atoms with E-state index in [0.29, 0.717) is 12.4 Å². The molecule has 9 heteroatoms. The van der Waals surface area contributed by atoms with Crippen molar-refractivity contribution in [1.82, 2.24) is 10.2 Å². The minimum absolute atomic E-state index is 0.0336. The molecule has 0 aliphatic carbocycles. The molecule has 0 spiro atoms. The molecule has 4 rings (SSSR count). The van der Waals surface area contributed by atoms with Gasteiger partial charge in [-0.2, -0.15) is 0 Å². The van der Waals surface area contributed by atoms with Gasteiger partial charge in [-0.3, -0.25) is 13.9 Å². The summed E-state index contributed by atoms with van der Waals surface area (Å²) in [5, 5.41) is 2.70. The van der Waals surface area contributed by atoms with Crippen LogP contribution in [0, 0.1) is 6.92 Å². The Balaban J connectivity index is 1.81. The van der Waals surface area contributed by atoms with E-state index in [1.807, 2.05) is 61.5 Å². The highest BCUT2D eigenvalue weighted by atomic mass is 32.2. The predicted molar refractivity (Wildman–Crippen MR) is 168 cm³/mol. The molecule has 224 valence electrons. The van der Waals surface area contributed by atoms with Gasteiger partial charge in [-0.25, -0.2) is 8.42 Å². The molecule has 8 nitrogen and oxygen atoms in total. The van der Waals surface area contributed by atoms with Gasteiger partial charge in [0.15, 0.2) is 0 Å². The average Bonchev–Trinajstić information content (AvgIpc) is 3.03. The largest absolute Gasteiger partial charge is 0.492 e. The summed E-state index contributed by atoms with van der Waals surface area (Å²) >= 11 is 0. The molecule has 2 amide bonds. The van der Waals surface area contributed by atoms with Crippen molar-refractivity contribution < 1.29 is 22.7 Å². The Labute approximate surface area is 254 Å². The van der Waals surface area contributed by atoms with Crippen molar-refractivity contribution in [3.05, 3.63) is 126 Å². The predicted octanol–water partition coefficient (Wildman–Crippen LogP) is 4.98. The molecular formula is C34H37N3O5S. The van der Waals surface area contributed by atoms with Crippen LogP contribution < -0.4 is 14.4 Å². The first-order valence-electron chi connectivity index (χ1n) is 14.1. The maximum absolute atomic E-state index is 14.4. The number of carbonyl (C=O) groups is 2. The van der Waals surface area contributed by atoms with Crippen LogP contribution in [-0.4, -0.2) is 51.4 Å². The highest BCUT2D eigenvalue weighted by Gasteiger charge is 2.35. The van der Waals surface area contributed by atoms with E-state index in [9.17, 15) is 18.0 Å². The average molecular weight is 600 g/mol. The Bertz CT molecular complexity index is 1610. The second kappa shape index (κ2) is 14.5. The number of nitrogens with one attached hydrogen (secondary N) is 1. The van der Waals surface area contributed by atoms with Crippen LogP contribution in [0.3, 0.4) is 0 Å². The number of likely N-dealkylation sites (N-methyl/N-ethyl adjacent to an activating group) is 1. The number of sulfonamides is 1. The number of hydrogen-bond acceptors (Lipinski definition) is 5. The number of nitrogens with zero attached hydrogens (tertiary/aromatic N) is 2. The van der Waals surface area contributed by atoms with Gasteiger partial charge in [0.2, 0.25) is 11.8 Å². The standard InChI is InChI=1S/C34H37N3O5S/c1-4-42-32-18-12-11-17-30(32)37(43(40,41)29-15-9-6-10-16-29)25-33(38)36(24-28-21-19-26(2)20-22-28)31(34(39)35-3)23-27-13-7-5-8-14-27/h5-22,31H,4,23-25H2,1-3H3,(H,35,39)/t31-/m0/s1. The van der Waals surface area contributed by atoms with Gasteiger partial charge in [-0.15, -0.1) is 0 Å². The summed E-state index contributed by atoms with van der Waals surface area (Å²) in [5.74, 6) is -0.554. The molecule has 4 aromatic carbocycles. The monoisotopic (exact) mass is 599 g/mol. The highest BCUT2D eigenvalue weighted by molar-refractivity contribution is 7.92. The number of hydrogen-bond donors (Lipinski definition) is 1. The third-order valence-corrected chi connectivity index (χ3v) is 8.81. The van der Waals surface area contributed by atoms with Crippen LogP contribution >= 0.6 is 0 Å². The summed E-state index contributed by atoms with van der Waals surface area (Å²) in [6.07, 6.45) is 0.249. The molecule has 0 saturated carbocycles. The third kappa shape index (κ3) is 7.81. The van der Waals surface area contributed by atoms with E-state index < -0.39 is 28.5 Å². The fourth-order valence-corrected chi connectivity index (χ4v) is 6.23. The van der Waals surface area contributed by atoms with Gasteiger partial charge >= 0.3 is 0 Å². The summed E-state index contributed by atoms with van der Waals surface area (Å²) in [6, 6.07) is 30.9. The zero-order valence-electron chi connectivity index (χ0n) is 24.6. The Kier molecular flexibility index (Phi) is 10.6. The van der Waals surface area contributed by atoms with E-state index in [1.54, 1.807) is 49.4 Å². The summed E-state index contributed by atoms with van der Waals surface area (Å²) < 4.78 is 35.1. The van der Waals surface area contributed by atoms with Crippen molar-refractivity contribution in [1.29, 1.82) is 0 Å².